The molecule has 0 bridgehead atoms. The highest BCUT2D eigenvalue weighted by atomic mass is 32.2. The molecule has 0 radical (unpaired) electrons. The Morgan fingerprint density at radius 2 is 1.77 bits per heavy atom. The van der Waals surface area contributed by atoms with Gasteiger partial charge in [0.2, 0.25) is 0 Å². The van der Waals surface area contributed by atoms with Crippen LogP contribution in [0.2, 0.25) is 0 Å². The number of amides is 2. The fourth-order valence-electron chi connectivity index (χ4n) is 3.31. The summed E-state index contributed by atoms with van der Waals surface area (Å²) < 4.78 is 62.3. The number of para-hydroxylation sites is 1. The first-order valence-corrected chi connectivity index (χ1v) is 10.1. The van der Waals surface area contributed by atoms with Gasteiger partial charge >= 0.3 is 12.2 Å². The average molecular weight is 391 g/mol. The van der Waals surface area contributed by atoms with E-state index in [1.807, 2.05) is 0 Å². The lowest BCUT2D eigenvalue weighted by Crippen LogP contribution is -2.54. The lowest BCUT2D eigenvalue weighted by atomic mass is 10.1. The summed E-state index contributed by atoms with van der Waals surface area (Å²) in [6, 6.07) is 4.64. The average Bonchev–Trinajstić information content (AvgIpc) is 2.93. The van der Waals surface area contributed by atoms with Crippen LogP contribution in [0.3, 0.4) is 0 Å². The predicted molar refractivity (Wildman–Crippen MR) is 90.8 cm³/mol. The summed E-state index contributed by atoms with van der Waals surface area (Å²) in [5, 5.41) is 2.70. The van der Waals surface area contributed by atoms with E-state index in [0.29, 0.717) is 6.42 Å². The maximum atomic E-state index is 13.1. The van der Waals surface area contributed by atoms with Gasteiger partial charge in [0.15, 0.2) is 9.84 Å². The molecule has 0 aromatic heterocycles. The largest absolute Gasteiger partial charge is 0.418 e. The van der Waals surface area contributed by atoms with Crippen molar-refractivity contribution in [2.24, 2.45) is 0 Å². The van der Waals surface area contributed by atoms with Gasteiger partial charge in [-0.25, -0.2) is 13.2 Å². The monoisotopic (exact) mass is 391 g/mol. The van der Waals surface area contributed by atoms with Crippen LogP contribution in [-0.2, 0) is 16.0 Å². The minimum absolute atomic E-state index is 0.0579. The summed E-state index contributed by atoms with van der Waals surface area (Å²) in [6.07, 6.45) is -4.04. The molecule has 1 aromatic rings. The van der Waals surface area contributed by atoms with E-state index in [1.165, 1.54) is 17.0 Å². The maximum Gasteiger partial charge on any atom is 0.418 e. The number of halogens is 3. The number of hydrogen-bond acceptors (Lipinski definition) is 4. The number of hydrogen-bond donors (Lipinski definition) is 1. The first kappa shape index (κ1) is 18.8. The van der Waals surface area contributed by atoms with E-state index in [-0.39, 0.29) is 49.4 Å². The number of benzene rings is 1. The second-order valence-electron chi connectivity index (χ2n) is 6.54. The van der Waals surface area contributed by atoms with Gasteiger partial charge in [-0.15, -0.1) is 0 Å². The third-order valence-electron chi connectivity index (χ3n) is 4.68. The molecule has 0 saturated carbocycles. The van der Waals surface area contributed by atoms with Crippen molar-refractivity contribution in [1.29, 1.82) is 0 Å². The Kier molecular flexibility index (Phi) is 5.05. The van der Waals surface area contributed by atoms with Crippen molar-refractivity contribution < 1.29 is 26.4 Å². The van der Waals surface area contributed by atoms with Crippen LogP contribution >= 0.6 is 0 Å². The normalized spacial score (nSPS) is 23.1. The lowest BCUT2D eigenvalue weighted by Gasteiger charge is -2.37. The van der Waals surface area contributed by atoms with E-state index in [4.69, 9.17) is 0 Å². The first-order valence-electron chi connectivity index (χ1n) is 8.33. The second kappa shape index (κ2) is 6.98. The fraction of sp³-hybridized carbons (Fsp3) is 0.562. The molecule has 3 rings (SSSR count). The van der Waals surface area contributed by atoms with Gasteiger partial charge in [-0.1, -0.05) is 12.1 Å². The Labute approximate surface area is 149 Å². The lowest BCUT2D eigenvalue weighted by molar-refractivity contribution is -0.137. The van der Waals surface area contributed by atoms with Crippen LogP contribution in [-0.4, -0.2) is 63.1 Å². The van der Waals surface area contributed by atoms with E-state index >= 15 is 0 Å². The Balaban J connectivity index is 1.59. The third-order valence-corrected chi connectivity index (χ3v) is 6.45. The van der Waals surface area contributed by atoms with Gasteiger partial charge in [0.05, 0.1) is 17.1 Å². The molecule has 2 aliphatic heterocycles. The van der Waals surface area contributed by atoms with Crippen molar-refractivity contribution in [2.75, 3.05) is 42.6 Å². The molecular formula is C16H20F3N3O3S. The molecule has 2 aliphatic rings. The molecule has 2 amide bonds. The molecule has 2 heterocycles. The summed E-state index contributed by atoms with van der Waals surface area (Å²) in [5.74, 6) is 0.0115. The standard InChI is InChI=1S/C16H20F3N3O3S/c17-16(18,19)13-3-1-2-4-14(13)21-6-8-22(9-7-21)15(23)20-12-5-10-26(24,25)11-12/h1-4,12H,5-11H2,(H,20,23). The zero-order valence-electron chi connectivity index (χ0n) is 14.0. The van der Waals surface area contributed by atoms with Crippen LogP contribution in [0.1, 0.15) is 12.0 Å². The van der Waals surface area contributed by atoms with Crippen molar-refractivity contribution >= 4 is 21.6 Å². The third kappa shape index (κ3) is 4.22. The molecule has 1 aromatic carbocycles. The van der Waals surface area contributed by atoms with Crippen LogP contribution in [0, 0.1) is 0 Å². The zero-order chi connectivity index (χ0) is 18.9. The van der Waals surface area contributed by atoms with Crippen LogP contribution in [0.5, 0.6) is 0 Å². The van der Waals surface area contributed by atoms with Crippen molar-refractivity contribution in [3.05, 3.63) is 29.8 Å². The Morgan fingerprint density at radius 3 is 2.35 bits per heavy atom. The second-order valence-corrected chi connectivity index (χ2v) is 8.77. The first-order chi connectivity index (χ1) is 12.2. The Hall–Kier alpha value is -1.97. The van der Waals surface area contributed by atoms with Crippen LogP contribution in [0.25, 0.3) is 0 Å². The van der Waals surface area contributed by atoms with Gasteiger partial charge in [-0.3, -0.25) is 0 Å². The van der Waals surface area contributed by atoms with E-state index in [0.717, 1.165) is 6.07 Å². The number of carbonyl (C=O) groups is 1. The van der Waals surface area contributed by atoms with Gasteiger partial charge in [-0.05, 0) is 18.6 Å². The minimum atomic E-state index is -4.43. The van der Waals surface area contributed by atoms with Crippen molar-refractivity contribution in [1.82, 2.24) is 10.2 Å². The minimum Gasteiger partial charge on any atom is -0.367 e. The zero-order valence-corrected chi connectivity index (χ0v) is 14.8. The van der Waals surface area contributed by atoms with Gasteiger partial charge in [0, 0.05) is 37.9 Å². The molecule has 1 atom stereocenters. The number of carbonyl (C=O) groups excluding carboxylic acids is 1. The van der Waals surface area contributed by atoms with Crippen LogP contribution < -0.4 is 10.2 Å². The van der Waals surface area contributed by atoms with E-state index in [2.05, 4.69) is 5.32 Å². The predicted octanol–water partition coefficient (Wildman–Crippen LogP) is 1.72. The smallest absolute Gasteiger partial charge is 0.367 e. The Morgan fingerprint density at radius 1 is 1.12 bits per heavy atom. The van der Waals surface area contributed by atoms with Crippen molar-refractivity contribution in [3.63, 3.8) is 0 Å². The molecule has 1 N–H and O–H groups in total. The van der Waals surface area contributed by atoms with Gasteiger partial charge in [0.25, 0.3) is 0 Å². The molecule has 1 unspecified atom stereocenters. The number of sulfone groups is 1. The molecule has 2 fully saturated rings. The number of anilines is 1. The molecule has 26 heavy (non-hydrogen) atoms. The Bertz CT molecular complexity index is 774. The van der Waals surface area contributed by atoms with Crippen LogP contribution in [0.4, 0.5) is 23.7 Å². The number of piperazine rings is 1. The highest BCUT2D eigenvalue weighted by Gasteiger charge is 2.36. The van der Waals surface area contributed by atoms with Crippen molar-refractivity contribution in [3.8, 4) is 0 Å². The van der Waals surface area contributed by atoms with E-state index < -0.39 is 27.6 Å². The summed E-state index contributed by atoms with van der Waals surface area (Å²) in [4.78, 5) is 15.4. The number of nitrogens with one attached hydrogen (secondary N) is 1. The van der Waals surface area contributed by atoms with Crippen LogP contribution in [0.15, 0.2) is 24.3 Å². The number of rotatable bonds is 2. The SMILES string of the molecule is O=C(NC1CCS(=O)(=O)C1)N1CCN(c2ccccc2C(F)(F)F)CC1. The molecule has 0 spiro atoms. The van der Waals surface area contributed by atoms with Gasteiger partial charge in [-0.2, -0.15) is 13.2 Å². The molecular weight excluding hydrogens is 371 g/mol. The highest BCUT2D eigenvalue weighted by molar-refractivity contribution is 7.91. The molecule has 6 nitrogen and oxygen atoms in total. The number of urea groups is 1. The number of nitrogens with zero attached hydrogens (tertiary/aromatic N) is 2. The van der Waals surface area contributed by atoms with Gasteiger partial charge < -0.3 is 15.1 Å². The molecule has 10 heteroatoms. The molecule has 0 aliphatic carbocycles. The fourth-order valence-corrected chi connectivity index (χ4v) is 4.99. The summed E-state index contributed by atoms with van der Waals surface area (Å²) in [7, 11) is -3.08. The summed E-state index contributed by atoms with van der Waals surface area (Å²) in [5.41, 5.74) is -0.573. The topological polar surface area (TPSA) is 69.7 Å². The molecule has 144 valence electrons. The van der Waals surface area contributed by atoms with Gasteiger partial charge in [0.1, 0.15) is 0 Å². The highest BCUT2D eigenvalue weighted by Crippen LogP contribution is 2.36. The quantitative estimate of drug-likeness (QED) is 0.834. The van der Waals surface area contributed by atoms with E-state index in [9.17, 15) is 26.4 Å². The maximum absolute atomic E-state index is 13.1. The number of alkyl halides is 3. The molecule has 2 saturated heterocycles. The summed E-state index contributed by atoms with van der Waals surface area (Å²) in [6.45, 7) is 1.11. The van der Waals surface area contributed by atoms with Crippen molar-refractivity contribution in [2.45, 2.75) is 18.6 Å². The van der Waals surface area contributed by atoms with E-state index in [1.54, 1.807) is 11.0 Å². The summed E-state index contributed by atoms with van der Waals surface area (Å²) >= 11 is 0.